The highest BCUT2D eigenvalue weighted by molar-refractivity contribution is 5.94. The summed E-state index contributed by atoms with van der Waals surface area (Å²) < 4.78 is 0. The summed E-state index contributed by atoms with van der Waals surface area (Å²) in [5, 5.41) is 3.16. The minimum absolute atomic E-state index is 0.00000190. The SMILES string of the molecule is CC[C@@H](NC(=O)c1ccc(CN2CCCC2=O)cc1)c1ccc(C)cc1C. The molecule has 2 amide bonds. The monoisotopic (exact) mass is 364 g/mol. The average molecular weight is 364 g/mol. The Labute approximate surface area is 161 Å². The summed E-state index contributed by atoms with van der Waals surface area (Å²) in [6.07, 6.45) is 2.43. The predicted octanol–water partition coefficient (Wildman–Crippen LogP) is 4.31. The van der Waals surface area contributed by atoms with E-state index in [0.29, 0.717) is 18.5 Å². The number of likely N-dealkylation sites (tertiary alicyclic amines) is 1. The zero-order chi connectivity index (χ0) is 19.4. The number of benzene rings is 2. The number of nitrogens with zero attached hydrogens (tertiary/aromatic N) is 1. The van der Waals surface area contributed by atoms with Crippen molar-refractivity contribution in [3.63, 3.8) is 0 Å². The molecule has 0 radical (unpaired) electrons. The van der Waals surface area contributed by atoms with Gasteiger partial charge in [0.25, 0.3) is 5.91 Å². The molecular formula is C23H28N2O2. The first-order valence-electron chi connectivity index (χ1n) is 9.72. The van der Waals surface area contributed by atoms with E-state index in [9.17, 15) is 9.59 Å². The van der Waals surface area contributed by atoms with E-state index < -0.39 is 0 Å². The third-order valence-electron chi connectivity index (χ3n) is 5.28. The third-order valence-corrected chi connectivity index (χ3v) is 5.28. The fraction of sp³-hybridized carbons (Fsp3) is 0.391. The summed E-state index contributed by atoms with van der Waals surface area (Å²) in [6.45, 7) is 7.70. The van der Waals surface area contributed by atoms with Gasteiger partial charge in [-0.05, 0) is 55.5 Å². The molecule has 0 bridgehead atoms. The van der Waals surface area contributed by atoms with Gasteiger partial charge in [-0.1, -0.05) is 42.8 Å². The highest BCUT2D eigenvalue weighted by Crippen LogP contribution is 2.22. The second kappa shape index (κ2) is 8.38. The molecule has 1 atom stereocenters. The molecule has 0 unspecified atom stereocenters. The lowest BCUT2D eigenvalue weighted by Gasteiger charge is -2.20. The molecule has 0 spiro atoms. The lowest BCUT2D eigenvalue weighted by Crippen LogP contribution is -2.28. The molecule has 142 valence electrons. The molecule has 2 aromatic rings. The van der Waals surface area contributed by atoms with Gasteiger partial charge in [0, 0.05) is 25.1 Å². The van der Waals surface area contributed by atoms with Gasteiger partial charge in [-0.15, -0.1) is 0 Å². The molecule has 4 heteroatoms. The van der Waals surface area contributed by atoms with Crippen LogP contribution in [0.1, 0.15) is 64.8 Å². The molecular weight excluding hydrogens is 336 g/mol. The summed E-state index contributed by atoms with van der Waals surface area (Å²) in [5.74, 6) is 0.154. The molecule has 2 aromatic carbocycles. The van der Waals surface area contributed by atoms with Crippen LogP contribution in [0.2, 0.25) is 0 Å². The first-order valence-corrected chi connectivity index (χ1v) is 9.72. The maximum atomic E-state index is 12.7. The van der Waals surface area contributed by atoms with Crippen molar-refractivity contribution < 1.29 is 9.59 Å². The Bertz CT molecular complexity index is 827. The quantitative estimate of drug-likeness (QED) is 0.830. The molecule has 1 fully saturated rings. The van der Waals surface area contributed by atoms with E-state index in [0.717, 1.165) is 24.9 Å². The Morgan fingerprint density at radius 1 is 1.15 bits per heavy atom. The minimum atomic E-state index is -0.0642. The second-order valence-corrected chi connectivity index (χ2v) is 7.41. The smallest absolute Gasteiger partial charge is 0.251 e. The topological polar surface area (TPSA) is 49.4 Å². The molecule has 1 N–H and O–H groups in total. The van der Waals surface area contributed by atoms with Gasteiger partial charge in [0.1, 0.15) is 0 Å². The van der Waals surface area contributed by atoms with Crippen molar-refractivity contribution in [2.45, 2.75) is 52.6 Å². The van der Waals surface area contributed by atoms with Crippen LogP contribution < -0.4 is 5.32 Å². The summed E-state index contributed by atoms with van der Waals surface area (Å²) in [7, 11) is 0. The summed E-state index contributed by atoms with van der Waals surface area (Å²) in [6, 6.07) is 13.9. The lowest BCUT2D eigenvalue weighted by molar-refractivity contribution is -0.128. The fourth-order valence-corrected chi connectivity index (χ4v) is 3.71. The second-order valence-electron chi connectivity index (χ2n) is 7.41. The number of carbonyl (C=O) groups excluding carboxylic acids is 2. The number of nitrogens with one attached hydrogen (secondary N) is 1. The molecule has 1 aliphatic rings. The van der Waals surface area contributed by atoms with Crippen LogP contribution in [0.15, 0.2) is 42.5 Å². The first-order chi connectivity index (χ1) is 13.0. The minimum Gasteiger partial charge on any atom is -0.345 e. The van der Waals surface area contributed by atoms with Crippen molar-refractivity contribution in [1.82, 2.24) is 10.2 Å². The molecule has 1 aliphatic heterocycles. The van der Waals surface area contributed by atoms with E-state index in [1.165, 1.54) is 16.7 Å². The first kappa shape index (κ1) is 19.2. The van der Waals surface area contributed by atoms with E-state index in [1.807, 2.05) is 29.2 Å². The number of rotatable bonds is 6. The molecule has 1 saturated heterocycles. The summed E-state index contributed by atoms with van der Waals surface area (Å²) in [5.41, 5.74) is 5.30. The maximum Gasteiger partial charge on any atom is 0.251 e. The number of amides is 2. The lowest BCUT2D eigenvalue weighted by atomic mass is 9.97. The van der Waals surface area contributed by atoms with Crippen molar-refractivity contribution in [3.8, 4) is 0 Å². The van der Waals surface area contributed by atoms with E-state index >= 15 is 0 Å². The molecule has 0 saturated carbocycles. The van der Waals surface area contributed by atoms with E-state index in [-0.39, 0.29) is 17.9 Å². The van der Waals surface area contributed by atoms with Gasteiger partial charge in [0.05, 0.1) is 6.04 Å². The van der Waals surface area contributed by atoms with Gasteiger partial charge < -0.3 is 10.2 Å². The van der Waals surface area contributed by atoms with Crippen LogP contribution in [-0.2, 0) is 11.3 Å². The molecule has 3 rings (SSSR count). The van der Waals surface area contributed by atoms with Crippen LogP contribution in [0.5, 0.6) is 0 Å². The number of hydrogen-bond donors (Lipinski definition) is 1. The Morgan fingerprint density at radius 2 is 1.89 bits per heavy atom. The van der Waals surface area contributed by atoms with Crippen molar-refractivity contribution in [3.05, 3.63) is 70.3 Å². The van der Waals surface area contributed by atoms with Crippen molar-refractivity contribution in [2.75, 3.05) is 6.54 Å². The number of aryl methyl sites for hydroxylation is 2. The van der Waals surface area contributed by atoms with Crippen molar-refractivity contribution in [2.24, 2.45) is 0 Å². The van der Waals surface area contributed by atoms with Gasteiger partial charge in [-0.3, -0.25) is 9.59 Å². The van der Waals surface area contributed by atoms with Gasteiger partial charge >= 0.3 is 0 Å². The Kier molecular flexibility index (Phi) is 5.94. The van der Waals surface area contributed by atoms with Crippen molar-refractivity contribution in [1.29, 1.82) is 0 Å². The van der Waals surface area contributed by atoms with Gasteiger partial charge in [0.2, 0.25) is 5.91 Å². The maximum absolute atomic E-state index is 12.7. The molecule has 1 heterocycles. The fourth-order valence-electron chi connectivity index (χ4n) is 3.71. The highest BCUT2D eigenvalue weighted by atomic mass is 16.2. The standard InChI is InChI=1S/C23H28N2O2/c1-4-21(20-12-7-16(2)14-17(20)3)24-23(27)19-10-8-18(9-11-19)15-25-13-5-6-22(25)26/h7-12,14,21H,4-6,13,15H2,1-3H3,(H,24,27)/t21-/m1/s1. The van der Waals surface area contributed by atoms with Gasteiger partial charge in [0.15, 0.2) is 0 Å². The number of carbonyl (C=O) groups is 2. The average Bonchev–Trinajstić information content (AvgIpc) is 3.05. The summed E-state index contributed by atoms with van der Waals surface area (Å²) >= 11 is 0. The van der Waals surface area contributed by atoms with Crippen LogP contribution in [0.4, 0.5) is 0 Å². The van der Waals surface area contributed by atoms with E-state index in [1.54, 1.807) is 0 Å². The zero-order valence-corrected chi connectivity index (χ0v) is 16.4. The number of hydrogen-bond acceptors (Lipinski definition) is 2. The van der Waals surface area contributed by atoms with Gasteiger partial charge in [-0.25, -0.2) is 0 Å². The van der Waals surface area contributed by atoms with E-state index in [4.69, 9.17) is 0 Å². The predicted molar refractivity (Wildman–Crippen MR) is 108 cm³/mol. The van der Waals surface area contributed by atoms with Crippen LogP contribution in [0.3, 0.4) is 0 Å². The van der Waals surface area contributed by atoms with Crippen molar-refractivity contribution >= 4 is 11.8 Å². The Morgan fingerprint density at radius 3 is 2.48 bits per heavy atom. The zero-order valence-electron chi connectivity index (χ0n) is 16.4. The Balaban J connectivity index is 1.66. The summed E-state index contributed by atoms with van der Waals surface area (Å²) in [4.78, 5) is 26.3. The molecule has 0 aliphatic carbocycles. The van der Waals surface area contributed by atoms with Crippen LogP contribution in [-0.4, -0.2) is 23.3 Å². The van der Waals surface area contributed by atoms with Crippen LogP contribution in [0.25, 0.3) is 0 Å². The normalized spacial score (nSPS) is 15.1. The Hall–Kier alpha value is -2.62. The molecule has 4 nitrogen and oxygen atoms in total. The molecule has 27 heavy (non-hydrogen) atoms. The van der Waals surface area contributed by atoms with Crippen LogP contribution in [0, 0.1) is 13.8 Å². The van der Waals surface area contributed by atoms with E-state index in [2.05, 4.69) is 44.3 Å². The largest absolute Gasteiger partial charge is 0.345 e. The van der Waals surface area contributed by atoms with Gasteiger partial charge in [-0.2, -0.15) is 0 Å². The van der Waals surface area contributed by atoms with Crippen LogP contribution >= 0.6 is 0 Å². The third kappa shape index (κ3) is 4.57. The highest BCUT2D eigenvalue weighted by Gasteiger charge is 2.20. The molecule has 0 aromatic heterocycles.